The number of carbonyl (C=O) groups excluding carboxylic acids is 1. The van der Waals surface area contributed by atoms with E-state index in [2.05, 4.69) is 10.6 Å². The summed E-state index contributed by atoms with van der Waals surface area (Å²) in [4.78, 5) is 11.2. The first-order valence-electron chi connectivity index (χ1n) is 6.09. The van der Waals surface area contributed by atoms with E-state index in [-0.39, 0.29) is 25.2 Å². The van der Waals surface area contributed by atoms with Crippen molar-refractivity contribution in [1.29, 1.82) is 0 Å². The third-order valence-corrected chi connectivity index (χ3v) is 3.08. The van der Waals surface area contributed by atoms with Gasteiger partial charge in [0, 0.05) is 5.69 Å². The Balaban J connectivity index is 1.87. The van der Waals surface area contributed by atoms with E-state index in [1.54, 1.807) is 0 Å². The smallest absolute Gasteiger partial charge is 0.228 e. The van der Waals surface area contributed by atoms with Crippen LogP contribution in [0, 0.1) is 0 Å². The van der Waals surface area contributed by atoms with Crippen LogP contribution in [0.2, 0.25) is 0 Å². The van der Waals surface area contributed by atoms with Gasteiger partial charge in [-0.2, -0.15) is 0 Å². The van der Waals surface area contributed by atoms with Crippen LogP contribution in [-0.4, -0.2) is 41.9 Å². The summed E-state index contributed by atoms with van der Waals surface area (Å²) in [5, 5.41) is 23.7. The van der Waals surface area contributed by atoms with E-state index >= 15 is 0 Å². The second-order valence-corrected chi connectivity index (χ2v) is 4.48. The maximum Gasteiger partial charge on any atom is 0.228 e. The fourth-order valence-corrected chi connectivity index (χ4v) is 2.05. The molecule has 5 nitrogen and oxygen atoms in total. The standard InChI is InChI=1S/C13H18N2O3/c16-7-11(8-17)14-4-3-9-1-2-12-10(5-9)6-13(18)15-12/h1-2,5,11,14,16-17H,3-4,6-8H2,(H,15,18). The molecule has 1 heterocycles. The number of fused-ring (bicyclic) bond motifs is 1. The number of hydrogen-bond donors (Lipinski definition) is 4. The largest absolute Gasteiger partial charge is 0.395 e. The maximum absolute atomic E-state index is 11.2. The number of benzene rings is 1. The summed E-state index contributed by atoms with van der Waals surface area (Å²) in [5.41, 5.74) is 3.09. The predicted octanol–water partition coefficient (Wildman–Crippen LogP) is -0.334. The molecular formula is C13H18N2O3. The molecule has 98 valence electrons. The zero-order chi connectivity index (χ0) is 13.0. The molecule has 1 amide bonds. The molecule has 0 aromatic heterocycles. The van der Waals surface area contributed by atoms with Crippen molar-refractivity contribution in [2.75, 3.05) is 25.1 Å². The Bertz CT molecular complexity index is 430. The van der Waals surface area contributed by atoms with Gasteiger partial charge >= 0.3 is 0 Å². The van der Waals surface area contributed by atoms with Gasteiger partial charge in [-0.05, 0) is 30.2 Å². The van der Waals surface area contributed by atoms with E-state index in [1.165, 1.54) is 0 Å². The number of aliphatic hydroxyl groups excluding tert-OH is 2. The number of aliphatic hydroxyl groups is 2. The normalized spacial score (nSPS) is 13.8. The summed E-state index contributed by atoms with van der Waals surface area (Å²) in [5.74, 6) is 0.0425. The van der Waals surface area contributed by atoms with Gasteiger partial charge in [0.25, 0.3) is 0 Å². The first-order valence-corrected chi connectivity index (χ1v) is 6.09. The van der Waals surface area contributed by atoms with E-state index < -0.39 is 0 Å². The van der Waals surface area contributed by atoms with Gasteiger partial charge in [0.1, 0.15) is 0 Å². The number of hydrogen-bond acceptors (Lipinski definition) is 4. The minimum absolute atomic E-state index is 0.0425. The molecule has 0 unspecified atom stereocenters. The molecule has 18 heavy (non-hydrogen) atoms. The molecule has 0 radical (unpaired) electrons. The van der Waals surface area contributed by atoms with Crippen LogP contribution in [0.3, 0.4) is 0 Å². The lowest BCUT2D eigenvalue weighted by atomic mass is 10.1. The van der Waals surface area contributed by atoms with E-state index in [0.717, 1.165) is 23.2 Å². The first-order chi connectivity index (χ1) is 8.72. The number of nitrogens with one attached hydrogen (secondary N) is 2. The van der Waals surface area contributed by atoms with Gasteiger partial charge in [-0.3, -0.25) is 4.79 Å². The van der Waals surface area contributed by atoms with Gasteiger partial charge in [0.15, 0.2) is 0 Å². The number of amides is 1. The fourth-order valence-electron chi connectivity index (χ4n) is 2.05. The Morgan fingerprint density at radius 2 is 2.11 bits per heavy atom. The lowest BCUT2D eigenvalue weighted by Crippen LogP contribution is -2.36. The Hall–Kier alpha value is -1.43. The molecule has 4 N–H and O–H groups in total. The molecule has 0 atom stereocenters. The van der Waals surface area contributed by atoms with Crippen molar-refractivity contribution in [2.24, 2.45) is 0 Å². The van der Waals surface area contributed by atoms with Gasteiger partial charge in [0.2, 0.25) is 5.91 Å². The van der Waals surface area contributed by atoms with Crippen LogP contribution in [0.1, 0.15) is 11.1 Å². The van der Waals surface area contributed by atoms with Crippen molar-refractivity contribution in [1.82, 2.24) is 5.32 Å². The highest BCUT2D eigenvalue weighted by Gasteiger charge is 2.17. The molecule has 1 aliphatic heterocycles. The van der Waals surface area contributed by atoms with Crippen LogP contribution < -0.4 is 10.6 Å². The summed E-state index contributed by atoms with van der Waals surface area (Å²) in [6.07, 6.45) is 1.25. The number of anilines is 1. The minimum atomic E-state index is -0.261. The first kappa shape index (κ1) is 13.0. The average Bonchev–Trinajstić information content (AvgIpc) is 2.74. The summed E-state index contributed by atoms with van der Waals surface area (Å²) < 4.78 is 0. The van der Waals surface area contributed by atoms with Crippen LogP contribution in [-0.2, 0) is 17.6 Å². The SMILES string of the molecule is O=C1Cc2cc(CCNC(CO)CO)ccc2N1. The van der Waals surface area contributed by atoms with Crippen LogP contribution in [0.5, 0.6) is 0 Å². The highest BCUT2D eigenvalue weighted by molar-refractivity contribution is 5.99. The molecule has 0 aliphatic carbocycles. The second kappa shape index (κ2) is 5.95. The Morgan fingerprint density at radius 3 is 2.83 bits per heavy atom. The molecular weight excluding hydrogens is 232 g/mol. The maximum atomic E-state index is 11.2. The zero-order valence-electron chi connectivity index (χ0n) is 10.1. The zero-order valence-corrected chi connectivity index (χ0v) is 10.1. The van der Waals surface area contributed by atoms with E-state index in [1.807, 2.05) is 18.2 Å². The van der Waals surface area contributed by atoms with Crippen molar-refractivity contribution in [2.45, 2.75) is 18.9 Å². The second-order valence-electron chi connectivity index (χ2n) is 4.48. The fraction of sp³-hybridized carbons (Fsp3) is 0.462. The predicted molar refractivity (Wildman–Crippen MR) is 68.4 cm³/mol. The van der Waals surface area contributed by atoms with Gasteiger partial charge in [0.05, 0.1) is 25.7 Å². The average molecular weight is 250 g/mol. The molecule has 0 saturated heterocycles. The van der Waals surface area contributed by atoms with Crippen molar-refractivity contribution < 1.29 is 15.0 Å². The summed E-state index contributed by atoms with van der Waals surface area (Å²) >= 11 is 0. The lowest BCUT2D eigenvalue weighted by molar-refractivity contribution is -0.115. The van der Waals surface area contributed by atoms with Crippen molar-refractivity contribution in [3.05, 3.63) is 29.3 Å². The third kappa shape index (κ3) is 3.07. The highest BCUT2D eigenvalue weighted by Crippen LogP contribution is 2.23. The van der Waals surface area contributed by atoms with Crippen LogP contribution >= 0.6 is 0 Å². The summed E-state index contributed by atoms with van der Waals surface area (Å²) in [6, 6.07) is 5.68. The van der Waals surface area contributed by atoms with Crippen LogP contribution in [0.15, 0.2) is 18.2 Å². The van der Waals surface area contributed by atoms with Gasteiger partial charge in [-0.15, -0.1) is 0 Å². The topological polar surface area (TPSA) is 81.6 Å². The minimum Gasteiger partial charge on any atom is -0.395 e. The molecule has 2 rings (SSSR count). The van der Waals surface area contributed by atoms with E-state index in [4.69, 9.17) is 10.2 Å². The van der Waals surface area contributed by atoms with E-state index in [9.17, 15) is 4.79 Å². The lowest BCUT2D eigenvalue weighted by Gasteiger charge is -2.13. The van der Waals surface area contributed by atoms with E-state index in [0.29, 0.717) is 13.0 Å². The van der Waals surface area contributed by atoms with Crippen molar-refractivity contribution >= 4 is 11.6 Å². The van der Waals surface area contributed by atoms with Crippen LogP contribution in [0.25, 0.3) is 0 Å². The molecule has 5 heteroatoms. The van der Waals surface area contributed by atoms with Gasteiger partial charge in [-0.1, -0.05) is 12.1 Å². The number of carbonyl (C=O) groups is 1. The molecule has 1 aromatic carbocycles. The number of rotatable bonds is 6. The molecule has 0 spiro atoms. The molecule has 1 aliphatic rings. The summed E-state index contributed by atoms with van der Waals surface area (Å²) in [7, 11) is 0. The van der Waals surface area contributed by atoms with Crippen LogP contribution in [0.4, 0.5) is 5.69 Å². The quantitative estimate of drug-likeness (QED) is 0.557. The monoisotopic (exact) mass is 250 g/mol. The van der Waals surface area contributed by atoms with Gasteiger partial charge in [-0.25, -0.2) is 0 Å². The van der Waals surface area contributed by atoms with Crippen molar-refractivity contribution in [3.63, 3.8) is 0 Å². The third-order valence-electron chi connectivity index (χ3n) is 3.08. The molecule has 1 aromatic rings. The van der Waals surface area contributed by atoms with Crippen molar-refractivity contribution in [3.8, 4) is 0 Å². The Kier molecular flexibility index (Phi) is 4.30. The molecule has 0 fully saturated rings. The highest BCUT2D eigenvalue weighted by atomic mass is 16.3. The van der Waals surface area contributed by atoms with Gasteiger partial charge < -0.3 is 20.8 Å². The Labute approximate surface area is 106 Å². The Morgan fingerprint density at radius 1 is 1.33 bits per heavy atom. The molecule has 0 bridgehead atoms. The molecule has 0 saturated carbocycles. The summed E-state index contributed by atoms with van der Waals surface area (Å²) in [6.45, 7) is 0.546.